The molecule has 0 radical (unpaired) electrons. The zero-order valence-corrected chi connectivity index (χ0v) is 15.6. The van der Waals surface area contributed by atoms with E-state index >= 15 is 0 Å². The topological polar surface area (TPSA) is 61.8 Å². The summed E-state index contributed by atoms with van der Waals surface area (Å²) < 4.78 is 0. The molecular weight excluding hydrogens is 346 g/mol. The van der Waals surface area contributed by atoms with Gasteiger partial charge in [0.05, 0.1) is 5.75 Å². The number of hydrazone groups is 1. The standard InChI is InChI=1S/C20H21N3O2S/c1-14(2)21-22-19(25)16-8-10-17(11-9-16)20-23(18(24)13-26-20)12-15-6-4-3-5-7-15/h3-11,20H,12-13H2,1-2H3,(H,22,25)/t20-/m0/s1. The molecule has 0 saturated carbocycles. The van der Waals surface area contributed by atoms with Gasteiger partial charge in [0.25, 0.3) is 5.91 Å². The third kappa shape index (κ3) is 4.32. The van der Waals surface area contributed by atoms with E-state index in [9.17, 15) is 9.59 Å². The first-order valence-electron chi connectivity index (χ1n) is 8.41. The lowest BCUT2D eigenvalue weighted by atomic mass is 10.1. The summed E-state index contributed by atoms with van der Waals surface area (Å²) in [5.74, 6) is 0.372. The van der Waals surface area contributed by atoms with Gasteiger partial charge in [0.15, 0.2) is 0 Å². The molecule has 1 saturated heterocycles. The second-order valence-corrected chi connectivity index (χ2v) is 7.36. The highest BCUT2D eigenvalue weighted by Gasteiger charge is 2.32. The molecule has 1 aliphatic heterocycles. The number of carbonyl (C=O) groups is 2. The fraction of sp³-hybridized carbons (Fsp3) is 0.250. The lowest BCUT2D eigenvalue weighted by Crippen LogP contribution is -2.27. The fourth-order valence-corrected chi connectivity index (χ4v) is 3.90. The summed E-state index contributed by atoms with van der Waals surface area (Å²) in [4.78, 5) is 26.3. The number of carbonyl (C=O) groups excluding carboxylic acids is 2. The van der Waals surface area contributed by atoms with E-state index in [-0.39, 0.29) is 17.2 Å². The van der Waals surface area contributed by atoms with E-state index in [1.54, 1.807) is 23.9 Å². The van der Waals surface area contributed by atoms with Crippen molar-refractivity contribution >= 4 is 29.3 Å². The van der Waals surface area contributed by atoms with Gasteiger partial charge in [-0.15, -0.1) is 11.8 Å². The van der Waals surface area contributed by atoms with Crippen molar-refractivity contribution in [1.82, 2.24) is 10.3 Å². The number of nitrogens with zero attached hydrogens (tertiary/aromatic N) is 2. The van der Waals surface area contributed by atoms with Gasteiger partial charge in [-0.2, -0.15) is 5.10 Å². The van der Waals surface area contributed by atoms with Crippen molar-refractivity contribution in [3.63, 3.8) is 0 Å². The highest BCUT2D eigenvalue weighted by molar-refractivity contribution is 8.00. The third-order valence-corrected chi connectivity index (χ3v) is 5.26. The number of hydrogen-bond donors (Lipinski definition) is 1. The van der Waals surface area contributed by atoms with Crippen molar-refractivity contribution in [2.45, 2.75) is 25.8 Å². The summed E-state index contributed by atoms with van der Waals surface area (Å²) in [6, 6.07) is 17.3. The SMILES string of the molecule is CC(C)=NNC(=O)c1ccc([C@@H]2SCC(=O)N2Cc2ccccc2)cc1. The maximum Gasteiger partial charge on any atom is 0.271 e. The molecule has 0 spiro atoms. The molecule has 2 aromatic rings. The minimum atomic E-state index is -0.242. The number of nitrogens with one attached hydrogen (secondary N) is 1. The average Bonchev–Trinajstić information content (AvgIpc) is 3.01. The predicted octanol–water partition coefficient (Wildman–Crippen LogP) is 3.59. The van der Waals surface area contributed by atoms with E-state index in [4.69, 9.17) is 0 Å². The minimum Gasteiger partial charge on any atom is -0.322 e. The minimum absolute atomic E-state index is 0.0317. The summed E-state index contributed by atoms with van der Waals surface area (Å²) in [5.41, 5.74) is 5.97. The Balaban J connectivity index is 1.74. The van der Waals surface area contributed by atoms with E-state index in [1.807, 2.05) is 61.2 Å². The molecule has 1 N–H and O–H groups in total. The monoisotopic (exact) mass is 367 g/mol. The summed E-state index contributed by atoms with van der Waals surface area (Å²) in [6.07, 6.45) is 0. The molecule has 0 aromatic heterocycles. The number of amides is 2. The fourth-order valence-electron chi connectivity index (χ4n) is 2.71. The Morgan fingerprint density at radius 3 is 2.50 bits per heavy atom. The Bertz CT molecular complexity index is 815. The molecule has 3 rings (SSSR count). The Morgan fingerprint density at radius 1 is 1.15 bits per heavy atom. The zero-order valence-electron chi connectivity index (χ0n) is 14.8. The number of hydrogen-bond acceptors (Lipinski definition) is 4. The third-order valence-electron chi connectivity index (χ3n) is 4.00. The van der Waals surface area contributed by atoms with Gasteiger partial charge in [-0.3, -0.25) is 9.59 Å². The van der Waals surface area contributed by atoms with Crippen LogP contribution in [-0.4, -0.2) is 28.2 Å². The molecule has 0 aliphatic carbocycles. The van der Waals surface area contributed by atoms with Crippen molar-refractivity contribution in [3.05, 3.63) is 71.3 Å². The first-order valence-corrected chi connectivity index (χ1v) is 9.45. The van der Waals surface area contributed by atoms with Gasteiger partial charge in [-0.05, 0) is 37.1 Å². The average molecular weight is 367 g/mol. The van der Waals surface area contributed by atoms with Gasteiger partial charge in [-0.25, -0.2) is 5.43 Å². The lowest BCUT2D eigenvalue weighted by molar-refractivity contribution is -0.128. The lowest BCUT2D eigenvalue weighted by Gasteiger charge is -2.24. The van der Waals surface area contributed by atoms with Crippen LogP contribution in [0.5, 0.6) is 0 Å². The molecule has 2 amide bonds. The van der Waals surface area contributed by atoms with Crippen LogP contribution >= 0.6 is 11.8 Å². The van der Waals surface area contributed by atoms with Gasteiger partial charge >= 0.3 is 0 Å². The van der Waals surface area contributed by atoms with Crippen LogP contribution in [0.15, 0.2) is 59.7 Å². The van der Waals surface area contributed by atoms with Crippen LogP contribution in [0.1, 0.15) is 40.7 Å². The highest BCUT2D eigenvalue weighted by Crippen LogP contribution is 2.39. The van der Waals surface area contributed by atoms with Gasteiger partial charge < -0.3 is 4.90 Å². The van der Waals surface area contributed by atoms with Crippen LogP contribution in [0.2, 0.25) is 0 Å². The van der Waals surface area contributed by atoms with Crippen molar-refractivity contribution in [2.24, 2.45) is 5.10 Å². The molecule has 5 nitrogen and oxygen atoms in total. The molecule has 6 heteroatoms. The first kappa shape index (κ1) is 18.2. The maximum atomic E-state index is 12.3. The van der Waals surface area contributed by atoms with Crippen LogP contribution in [0.3, 0.4) is 0 Å². The number of benzene rings is 2. The van der Waals surface area contributed by atoms with Gasteiger partial charge in [0.1, 0.15) is 5.37 Å². The molecular formula is C20H21N3O2S. The summed E-state index contributed by atoms with van der Waals surface area (Å²) in [7, 11) is 0. The Kier molecular flexibility index (Phi) is 5.73. The van der Waals surface area contributed by atoms with Crippen molar-refractivity contribution in [1.29, 1.82) is 0 Å². The molecule has 0 bridgehead atoms. The van der Waals surface area contributed by atoms with E-state index in [0.29, 0.717) is 17.9 Å². The Morgan fingerprint density at radius 2 is 1.85 bits per heavy atom. The molecule has 2 aromatic carbocycles. The quantitative estimate of drug-likeness (QED) is 0.649. The maximum absolute atomic E-state index is 12.3. The van der Waals surface area contributed by atoms with E-state index < -0.39 is 0 Å². The summed E-state index contributed by atoms with van der Waals surface area (Å²) >= 11 is 1.61. The number of thioether (sulfide) groups is 1. The van der Waals surface area contributed by atoms with Gasteiger partial charge in [-0.1, -0.05) is 42.5 Å². The molecule has 1 heterocycles. The molecule has 0 unspecified atom stereocenters. The van der Waals surface area contributed by atoms with Gasteiger partial charge in [0.2, 0.25) is 5.91 Å². The van der Waals surface area contributed by atoms with Crippen LogP contribution in [-0.2, 0) is 11.3 Å². The van der Waals surface area contributed by atoms with Crippen LogP contribution in [0.4, 0.5) is 0 Å². The molecule has 1 aliphatic rings. The van der Waals surface area contributed by atoms with Crippen molar-refractivity contribution in [2.75, 3.05) is 5.75 Å². The van der Waals surface area contributed by atoms with E-state index in [2.05, 4.69) is 10.5 Å². The summed E-state index contributed by atoms with van der Waals surface area (Å²) in [6.45, 7) is 4.22. The largest absolute Gasteiger partial charge is 0.322 e. The Labute approximate surface area is 157 Å². The molecule has 1 atom stereocenters. The van der Waals surface area contributed by atoms with E-state index in [0.717, 1.165) is 16.8 Å². The normalized spacial score (nSPS) is 16.5. The molecule has 26 heavy (non-hydrogen) atoms. The smallest absolute Gasteiger partial charge is 0.271 e. The first-order chi connectivity index (χ1) is 12.5. The molecule has 1 fully saturated rings. The van der Waals surface area contributed by atoms with Crippen molar-refractivity contribution < 1.29 is 9.59 Å². The van der Waals surface area contributed by atoms with Crippen LogP contribution in [0, 0.1) is 0 Å². The second kappa shape index (κ2) is 8.19. The highest BCUT2D eigenvalue weighted by atomic mass is 32.2. The number of rotatable bonds is 5. The predicted molar refractivity (Wildman–Crippen MR) is 105 cm³/mol. The van der Waals surface area contributed by atoms with E-state index in [1.165, 1.54) is 0 Å². The summed E-state index contributed by atoms with van der Waals surface area (Å²) in [5, 5.41) is 3.90. The van der Waals surface area contributed by atoms with Crippen molar-refractivity contribution in [3.8, 4) is 0 Å². The Hall–Kier alpha value is -2.60. The second-order valence-electron chi connectivity index (χ2n) is 6.29. The zero-order chi connectivity index (χ0) is 18.5. The van der Waals surface area contributed by atoms with Crippen LogP contribution in [0.25, 0.3) is 0 Å². The van der Waals surface area contributed by atoms with Crippen LogP contribution < -0.4 is 5.43 Å². The van der Waals surface area contributed by atoms with Gasteiger partial charge in [0, 0.05) is 17.8 Å². The molecule has 134 valence electrons.